The number of rotatable bonds is 9. The van der Waals surface area contributed by atoms with Gasteiger partial charge in [0.1, 0.15) is 17.9 Å². The number of benzene rings is 4. The summed E-state index contributed by atoms with van der Waals surface area (Å²) in [7, 11) is 1.60. The summed E-state index contributed by atoms with van der Waals surface area (Å²) >= 11 is 10.7. The fourth-order valence-corrected chi connectivity index (χ4v) is 6.24. The number of aromatic nitrogens is 2. The largest absolute Gasteiger partial charge is 0.496 e. The number of halogens is 3. The van der Waals surface area contributed by atoms with Crippen LogP contribution in [0.3, 0.4) is 0 Å². The lowest BCUT2D eigenvalue weighted by Gasteiger charge is -2.15. The lowest BCUT2D eigenvalue weighted by molar-refractivity contribution is 0.268. The van der Waals surface area contributed by atoms with Crippen molar-refractivity contribution in [3.05, 3.63) is 114 Å². The quantitative estimate of drug-likeness (QED) is 0.136. The van der Waals surface area contributed by atoms with Gasteiger partial charge in [0.2, 0.25) is 5.82 Å². The summed E-state index contributed by atoms with van der Waals surface area (Å²) in [5, 5.41) is 5.80. The zero-order valence-electron chi connectivity index (χ0n) is 23.5. The summed E-state index contributed by atoms with van der Waals surface area (Å²) in [6.07, 6.45) is 1.58. The number of methoxy groups -OCH3 is 1. The van der Waals surface area contributed by atoms with Crippen molar-refractivity contribution in [2.75, 3.05) is 13.7 Å². The van der Waals surface area contributed by atoms with Crippen molar-refractivity contribution in [1.29, 1.82) is 0 Å². The lowest BCUT2D eigenvalue weighted by atomic mass is 10.2. The van der Waals surface area contributed by atoms with Gasteiger partial charge in [0.25, 0.3) is 5.56 Å². The van der Waals surface area contributed by atoms with E-state index in [4.69, 9.17) is 23.6 Å². The minimum atomic E-state index is -0.338. The summed E-state index contributed by atoms with van der Waals surface area (Å²) in [4.78, 5) is 18.5. The SMILES string of the molecule is CCOc1cc(C=Nn2c(-c3cc4c(OC)cccc4o3)nc3ccccc3c2=O)c(Br)cc1OCc1ccc(Br)cc1Br. The van der Waals surface area contributed by atoms with E-state index >= 15 is 0 Å². The summed E-state index contributed by atoms with van der Waals surface area (Å²) in [5.41, 5.74) is 2.45. The standard InChI is InChI=1S/C33H24Br3N3O5/c1-3-42-29-13-20(25(36)16-30(29)43-18-19-11-12-21(34)14-24(19)35)17-37-39-32(38-26-8-5-4-7-22(26)33(39)40)31-15-23-27(41-2)9-6-10-28(23)44-31/h4-17H,3,18H2,1-2H3. The van der Waals surface area contributed by atoms with Gasteiger partial charge < -0.3 is 18.6 Å². The van der Waals surface area contributed by atoms with Gasteiger partial charge in [0.05, 0.1) is 36.2 Å². The number of fused-ring (bicyclic) bond motifs is 2. The highest BCUT2D eigenvalue weighted by Gasteiger charge is 2.18. The minimum absolute atomic E-state index is 0.254. The Kier molecular flexibility index (Phi) is 8.88. The number of hydrogen-bond donors (Lipinski definition) is 0. The number of ether oxygens (including phenoxy) is 3. The monoisotopic (exact) mass is 779 g/mol. The van der Waals surface area contributed by atoms with Gasteiger partial charge in [-0.05, 0) is 77.5 Å². The van der Waals surface area contributed by atoms with Gasteiger partial charge in [-0.1, -0.05) is 56.1 Å². The normalized spacial score (nSPS) is 11.5. The van der Waals surface area contributed by atoms with E-state index in [1.807, 2.05) is 61.5 Å². The van der Waals surface area contributed by atoms with Gasteiger partial charge in [-0.25, -0.2) is 4.98 Å². The zero-order valence-corrected chi connectivity index (χ0v) is 28.3. The number of para-hydroxylation sites is 1. The number of furan rings is 1. The number of nitrogens with zero attached hydrogens (tertiary/aromatic N) is 3. The predicted octanol–water partition coefficient (Wildman–Crippen LogP) is 8.97. The molecule has 0 aliphatic carbocycles. The van der Waals surface area contributed by atoms with Crippen molar-refractivity contribution in [3.8, 4) is 28.8 Å². The number of hydrogen-bond acceptors (Lipinski definition) is 7. The van der Waals surface area contributed by atoms with Crippen LogP contribution in [-0.2, 0) is 6.61 Å². The Balaban J connectivity index is 1.41. The Morgan fingerprint density at radius 1 is 0.886 bits per heavy atom. The first kappa shape index (κ1) is 30.1. The van der Waals surface area contributed by atoms with E-state index in [2.05, 4.69) is 52.9 Å². The molecule has 0 aliphatic heterocycles. The molecule has 8 nitrogen and oxygen atoms in total. The third-order valence-corrected chi connectivity index (χ3v) is 8.71. The smallest absolute Gasteiger partial charge is 0.282 e. The molecule has 0 atom stereocenters. The maximum Gasteiger partial charge on any atom is 0.282 e. The average Bonchev–Trinajstić information content (AvgIpc) is 3.46. The molecule has 2 aromatic heterocycles. The van der Waals surface area contributed by atoms with Crippen LogP contribution in [0.15, 0.2) is 107 Å². The van der Waals surface area contributed by atoms with Crippen LogP contribution in [0.5, 0.6) is 17.2 Å². The van der Waals surface area contributed by atoms with Gasteiger partial charge in [-0.2, -0.15) is 9.78 Å². The lowest BCUT2D eigenvalue weighted by Crippen LogP contribution is -2.20. The maximum absolute atomic E-state index is 13.7. The molecule has 6 aromatic rings. The van der Waals surface area contributed by atoms with Crippen molar-refractivity contribution < 1.29 is 18.6 Å². The Bertz CT molecular complexity index is 2110. The molecule has 222 valence electrons. The predicted molar refractivity (Wildman–Crippen MR) is 182 cm³/mol. The molecule has 0 saturated carbocycles. The topological polar surface area (TPSA) is 88.1 Å². The molecule has 0 spiro atoms. The molecule has 0 N–H and O–H groups in total. The Morgan fingerprint density at radius 3 is 2.50 bits per heavy atom. The van der Waals surface area contributed by atoms with Crippen LogP contribution in [0.25, 0.3) is 33.5 Å². The average molecular weight is 782 g/mol. The Labute approximate surface area is 277 Å². The van der Waals surface area contributed by atoms with E-state index in [0.717, 1.165) is 19.9 Å². The van der Waals surface area contributed by atoms with E-state index in [-0.39, 0.29) is 11.4 Å². The van der Waals surface area contributed by atoms with E-state index in [1.165, 1.54) is 4.68 Å². The second kappa shape index (κ2) is 13.0. The van der Waals surface area contributed by atoms with Gasteiger partial charge in [-0.3, -0.25) is 4.79 Å². The Morgan fingerprint density at radius 2 is 1.70 bits per heavy atom. The molecule has 0 saturated heterocycles. The van der Waals surface area contributed by atoms with E-state index in [9.17, 15) is 4.79 Å². The third-order valence-electron chi connectivity index (χ3n) is 6.79. The van der Waals surface area contributed by atoms with Gasteiger partial charge >= 0.3 is 0 Å². The molecule has 44 heavy (non-hydrogen) atoms. The van der Waals surface area contributed by atoms with E-state index < -0.39 is 0 Å². The van der Waals surface area contributed by atoms with Gasteiger partial charge in [-0.15, -0.1) is 0 Å². The first-order chi connectivity index (χ1) is 21.4. The van der Waals surface area contributed by atoms with Crippen LogP contribution in [0, 0.1) is 0 Å². The Hall–Kier alpha value is -3.93. The van der Waals surface area contributed by atoms with Crippen LogP contribution in [0.2, 0.25) is 0 Å². The van der Waals surface area contributed by atoms with E-state index in [1.54, 1.807) is 37.6 Å². The molecule has 0 fully saturated rings. The molecule has 0 amide bonds. The molecular weight excluding hydrogens is 758 g/mol. The third kappa shape index (κ3) is 6.04. The first-order valence-electron chi connectivity index (χ1n) is 13.5. The maximum atomic E-state index is 13.7. The first-order valence-corrected chi connectivity index (χ1v) is 15.9. The summed E-state index contributed by atoms with van der Waals surface area (Å²) in [6, 6.07) is 24.0. The molecule has 0 radical (unpaired) electrons. The summed E-state index contributed by atoms with van der Waals surface area (Å²) in [6.45, 7) is 2.67. The molecule has 2 heterocycles. The van der Waals surface area contributed by atoms with Crippen LogP contribution in [0.1, 0.15) is 18.1 Å². The van der Waals surface area contributed by atoms with Crippen LogP contribution < -0.4 is 19.8 Å². The van der Waals surface area contributed by atoms with Crippen LogP contribution >= 0.6 is 47.8 Å². The highest BCUT2D eigenvalue weighted by atomic mass is 79.9. The molecule has 0 bridgehead atoms. The molecule has 0 aliphatic rings. The molecular formula is C33H24Br3N3O5. The van der Waals surface area contributed by atoms with Crippen molar-refractivity contribution in [3.63, 3.8) is 0 Å². The van der Waals surface area contributed by atoms with Crippen LogP contribution in [-0.4, -0.2) is 29.6 Å². The summed E-state index contributed by atoms with van der Waals surface area (Å²) < 4.78 is 27.6. The fraction of sp³-hybridized carbons (Fsp3) is 0.121. The highest BCUT2D eigenvalue weighted by molar-refractivity contribution is 9.11. The van der Waals surface area contributed by atoms with Crippen molar-refractivity contribution in [1.82, 2.24) is 9.66 Å². The van der Waals surface area contributed by atoms with E-state index in [0.29, 0.717) is 62.7 Å². The van der Waals surface area contributed by atoms with Crippen molar-refractivity contribution in [2.24, 2.45) is 5.10 Å². The fourth-order valence-electron chi connectivity index (χ4n) is 4.66. The van der Waals surface area contributed by atoms with Gasteiger partial charge in [0, 0.05) is 24.5 Å². The van der Waals surface area contributed by atoms with Gasteiger partial charge in [0.15, 0.2) is 17.3 Å². The molecule has 0 unspecified atom stereocenters. The second-order valence-electron chi connectivity index (χ2n) is 9.57. The van der Waals surface area contributed by atoms with Crippen LogP contribution in [0.4, 0.5) is 0 Å². The second-order valence-corrected chi connectivity index (χ2v) is 12.2. The molecule has 4 aromatic carbocycles. The summed E-state index contributed by atoms with van der Waals surface area (Å²) in [5.74, 6) is 2.38. The highest BCUT2D eigenvalue weighted by Crippen LogP contribution is 2.35. The molecule has 6 rings (SSSR count). The molecule has 11 heteroatoms. The van der Waals surface area contributed by atoms with Crippen molar-refractivity contribution >= 4 is 75.9 Å². The minimum Gasteiger partial charge on any atom is -0.496 e. The van der Waals surface area contributed by atoms with Crippen molar-refractivity contribution in [2.45, 2.75) is 13.5 Å². The zero-order chi connectivity index (χ0) is 30.8.